The van der Waals surface area contributed by atoms with Crippen LogP contribution in [0.5, 0.6) is 0 Å². The largest absolute Gasteiger partial charge is 0.329 e. The number of rotatable bonds is 4. The minimum atomic E-state index is -0.848. The van der Waals surface area contributed by atoms with E-state index in [2.05, 4.69) is 10.3 Å². The number of aromatic nitrogens is 2. The molecule has 1 N–H and O–H groups in total. The molecule has 1 aromatic carbocycles. The smallest absolute Gasteiger partial charge is 0.161 e. The van der Waals surface area contributed by atoms with Gasteiger partial charge in [-0.2, -0.15) is 0 Å². The quantitative estimate of drug-likeness (QED) is 0.882. The Hall–Kier alpha value is -1.49. The molecule has 0 bridgehead atoms. The lowest BCUT2D eigenvalue weighted by molar-refractivity contribution is 0.510. The summed E-state index contributed by atoms with van der Waals surface area (Å²) in [6, 6.07) is 2.99. The van der Waals surface area contributed by atoms with E-state index >= 15 is 0 Å². The molecule has 1 aliphatic carbocycles. The van der Waals surface area contributed by atoms with Crippen LogP contribution in [0.2, 0.25) is 0 Å². The minimum absolute atomic E-state index is 0.496. The molecule has 5 heteroatoms. The summed E-state index contributed by atoms with van der Waals surface area (Å²) in [5.41, 5.74) is 1.14. The van der Waals surface area contributed by atoms with Gasteiger partial charge in [0.2, 0.25) is 0 Å². The molecule has 0 spiro atoms. The monoisotopic (exact) mass is 237 g/mol. The van der Waals surface area contributed by atoms with Crippen molar-refractivity contribution in [2.24, 2.45) is 0 Å². The lowest BCUT2D eigenvalue weighted by atomic mass is 10.3. The Balaban J connectivity index is 1.80. The molecule has 0 saturated heterocycles. The van der Waals surface area contributed by atoms with Gasteiger partial charge in [-0.05, 0) is 12.8 Å². The van der Waals surface area contributed by atoms with Gasteiger partial charge in [0, 0.05) is 31.3 Å². The molecule has 3 nitrogen and oxygen atoms in total. The number of halogens is 2. The van der Waals surface area contributed by atoms with Crippen LogP contribution in [0, 0.1) is 11.6 Å². The summed E-state index contributed by atoms with van der Waals surface area (Å²) in [5.74, 6) is -1.67. The van der Waals surface area contributed by atoms with E-state index in [4.69, 9.17) is 0 Å². The van der Waals surface area contributed by atoms with Gasteiger partial charge in [0.05, 0.1) is 17.4 Å². The highest BCUT2D eigenvalue weighted by molar-refractivity contribution is 5.75. The third-order valence-electron chi connectivity index (χ3n) is 3.03. The Morgan fingerprint density at radius 1 is 1.29 bits per heavy atom. The van der Waals surface area contributed by atoms with E-state index in [9.17, 15) is 8.78 Å². The summed E-state index contributed by atoms with van der Waals surface area (Å²) in [7, 11) is 0. The fourth-order valence-corrected chi connectivity index (χ4v) is 1.91. The van der Waals surface area contributed by atoms with Gasteiger partial charge in [-0.25, -0.2) is 13.8 Å². The molecule has 0 aliphatic heterocycles. The maximum atomic E-state index is 13.1. The first kappa shape index (κ1) is 10.7. The molecule has 0 atom stereocenters. The van der Waals surface area contributed by atoms with E-state index in [1.54, 1.807) is 6.33 Å². The van der Waals surface area contributed by atoms with E-state index < -0.39 is 11.6 Å². The summed E-state index contributed by atoms with van der Waals surface area (Å²) in [5, 5.41) is 3.37. The van der Waals surface area contributed by atoms with Gasteiger partial charge in [0.1, 0.15) is 0 Å². The third-order valence-corrected chi connectivity index (χ3v) is 3.03. The Morgan fingerprint density at radius 2 is 2.06 bits per heavy atom. The normalized spacial score (nSPS) is 15.6. The van der Waals surface area contributed by atoms with Crippen molar-refractivity contribution in [1.29, 1.82) is 0 Å². The molecule has 1 saturated carbocycles. The molecular weight excluding hydrogens is 224 g/mol. The van der Waals surface area contributed by atoms with Crippen molar-refractivity contribution in [3.05, 3.63) is 30.1 Å². The molecule has 17 heavy (non-hydrogen) atoms. The zero-order chi connectivity index (χ0) is 11.8. The molecule has 0 radical (unpaired) electrons. The van der Waals surface area contributed by atoms with Crippen LogP contribution in [0.25, 0.3) is 11.0 Å². The molecule has 3 rings (SSSR count). The number of benzene rings is 1. The summed E-state index contributed by atoms with van der Waals surface area (Å²) in [6.45, 7) is 1.55. The number of fused-ring (bicyclic) bond motifs is 1. The van der Waals surface area contributed by atoms with Crippen LogP contribution in [0.3, 0.4) is 0 Å². The first-order valence-corrected chi connectivity index (χ1v) is 5.77. The summed E-state index contributed by atoms with van der Waals surface area (Å²) >= 11 is 0. The molecule has 2 aromatic rings. The van der Waals surface area contributed by atoms with Crippen molar-refractivity contribution in [1.82, 2.24) is 14.9 Å². The van der Waals surface area contributed by atoms with E-state index in [1.165, 1.54) is 18.9 Å². The highest BCUT2D eigenvalue weighted by atomic mass is 19.2. The zero-order valence-electron chi connectivity index (χ0n) is 9.29. The second-order valence-electron chi connectivity index (χ2n) is 4.42. The Labute approximate surface area is 97.5 Å². The van der Waals surface area contributed by atoms with E-state index in [0.29, 0.717) is 17.1 Å². The average molecular weight is 237 g/mol. The van der Waals surface area contributed by atoms with Crippen molar-refractivity contribution in [3.63, 3.8) is 0 Å². The van der Waals surface area contributed by atoms with Crippen LogP contribution in [-0.4, -0.2) is 22.1 Å². The molecule has 1 heterocycles. The number of hydrogen-bond donors (Lipinski definition) is 1. The molecule has 0 amide bonds. The van der Waals surface area contributed by atoms with Gasteiger partial charge in [-0.1, -0.05) is 0 Å². The molecule has 90 valence electrons. The van der Waals surface area contributed by atoms with Crippen molar-refractivity contribution >= 4 is 11.0 Å². The van der Waals surface area contributed by atoms with Gasteiger partial charge < -0.3 is 9.88 Å². The molecule has 1 fully saturated rings. The Kier molecular flexibility index (Phi) is 2.55. The second kappa shape index (κ2) is 4.07. The number of hydrogen-bond acceptors (Lipinski definition) is 2. The summed E-state index contributed by atoms with van der Waals surface area (Å²) < 4.78 is 28.0. The maximum Gasteiger partial charge on any atom is 0.161 e. The van der Waals surface area contributed by atoms with Gasteiger partial charge in [-0.15, -0.1) is 0 Å². The van der Waals surface area contributed by atoms with E-state index in [1.807, 2.05) is 4.57 Å². The molecular formula is C12H13F2N3. The van der Waals surface area contributed by atoms with Crippen molar-refractivity contribution in [2.45, 2.75) is 25.4 Å². The van der Waals surface area contributed by atoms with Crippen molar-refractivity contribution in [3.8, 4) is 0 Å². The predicted octanol–water partition coefficient (Wildman–Crippen LogP) is 2.07. The van der Waals surface area contributed by atoms with Crippen LogP contribution in [0.15, 0.2) is 18.5 Å². The SMILES string of the molecule is Fc1cc2ncn(CCNC3CC3)c2cc1F. The number of imidazole rings is 1. The standard InChI is InChI=1S/C12H13F2N3/c13-9-5-11-12(6-10(9)14)17(7-16-11)4-3-15-8-1-2-8/h5-8,15H,1-4H2. The lowest BCUT2D eigenvalue weighted by Crippen LogP contribution is -2.21. The van der Waals surface area contributed by atoms with E-state index in [-0.39, 0.29) is 0 Å². The van der Waals surface area contributed by atoms with Crippen LogP contribution >= 0.6 is 0 Å². The minimum Gasteiger partial charge on any atom is -0.329 e. The van der Waals surface area contributed by atoms with Crippen LogP contribution in [0.1, 0.15) is 12.8 Å². The van der Waals surface area contributed by atoms with Crippen LogP contribution in [-0.2, 0) is 6.54 Å². The van der Waals surface area contributed by atoms with Gasteiger partial charge in [-0.3, -0.25) is 0 Å². The second-order valence-corrected chi connectivity index (χ2v) is 4.42. The maximum absolute atomic E-state index is 13.1. The molecule has 1 aliphatic rings. The number of nitrogens with one attached hydrogen (secondary N) is 1. The first-order valence-electron chi connectivity index (χ1n) is 5.77. The Morgan fingerprint density at radius 3 is 2.82 bits per heavy atom. The lowest BCUT2D eigenvalue weighted by Gasteiger charge is -2.05. The highest BCUT2D eigenvalue weighted by Crippen LogP contribution is 2.19. The highest BCUT2D eigenvalue weighted by Gasteiger charge is 2.19. The van der Waals surface area contributed by atoms with Gasteiger partial charge >= 0.3 is 0 Å². The van der Waals surface area contributed by atoms with Crippen LogP contribution in [0.4, 0.5) is 8.78 Å². The van der Waals surface area contributed by atoms with Crippen molar-refractivity contribution < 1.29 is 8.78 Å². The Bertz CT molecular complexity index is 546. The summed E-state index contributed by atoms with van der Waals surface area (Å²) in [4.78, 5) is 4.06. The zero-order valence-corrected chi connectivity index (χ0v) is 9.29. The molecule has 1 aromatic heterocycles. The summed E-state index contributed by atoms with van der Waals surface area (Å²) in [6.07, 6.45) is 4.10. The van der Waals surface area contributed by atoms with Gasteiger partial charge in [0.25, 0.3) is 0 Å². The predicted molar refractivity (Wildman–Crippen MR) is 60.7 cm³/mol. The fourth-order valence-electron chi connectivity index (χ4n) is 1.91. The van der Waals surface area contributed by atoms with E-state index in [0.717, 1.165) is 19.2 Å². The first-order chi connectivity index (χ1) is 8.24. The van der Waals surface area contributed by atoms with Gasteiger partial charge in [0.15, 0.2) is 11.6 Å². The average Bonchev–Trinajstić information content (AvgIpc) is 3.05. The molecule has 0 unspecified atom stereocenters. The van der Waals surface area contributed by atoms with Crippen LogP contribution < -0.4 is 5.32 Å². The van der Waals surface area contributed by atoms with Crippen molar-refractivity contribution in [2.75, 3.05) is 6.54 Å². The fraction of sp³-hybridized carbons (Fsp3) is 0.417. The number of nitrogens with zero attached hydrogens (tertiary/aromatic N) is 2. The topological polar surface area (TPSA) is 29.9 Å². The third kappa shape index (κ3) is 2.15.